The summed E-state index contributed by atoms with van der Waals surface area (Å²) in [5, 5.41) is 12.5. The van der Waals surface area contributed by atoms with Gasteiger partial charge in [-0.25, -0.2) is 4.39 Å². The molecule has 3 rings (SSSR count). The zero-order valence-electron chi connectivity index (χ0n) is 18.8. The summed E-state index contributed by atoms with van der Waals surface area (Å²) in [5.41, 5.74) is 1.51. The highest BCUT2D eigenvalue weighted by atomic mass is 19.1. The van der Waals surface area contributed by atoms with Crippen molar-refractivity contribution in [2.24, 2.45) is 5.92 Å². The van der Waals surface area contributed by atoms with Gasteiger partial charge in [-0.1, -0.05) is 38.5 Å². The van der Waals surface area contributed by atoms with Crippen LogP contribution in [0, 0.1) is 11.7 Å². The van der Waals surface area contributed by atoms with Gasteiger partial charge in [0.1, 0.15) is 5.82 Å². The molecular formula is C25H31FN2O4. The molecule has 3 atom stereocenters. The van der Waals surface area contributed by atoms with Gasteiger partial charge in [-0.05, 0) is 43.2 Å². The van der Waals surface area contributed by atoms with Crippen LogP contribution in [0.25, 0.3) is 0 Å². The Morgan fingerprint density at radius 3 is 2.66 bits per heavy atom. The first kappa shape index (κ1) is 23.7. The lowest BCUT2D eigenvalue weighted by molar-refractivity contribution is -0.117. The van der Waals surface area contributed by atoms with Crippen LogP contribution in [0.4, 0.5) is 10.1 Å². The largest absolute Gasteiger partial charge is 0.490 e. The number of aliphatic hydroxyl groups is 1. The lowest BCUT2D eigenvalue weighted by atomic mass is 9.93. The number of nitrogens with zero attached hydrogens (tertiary/aromatic N) is 1. The molecule has 7 heteroatoms. The smallest absolute Gasteiger partial charge is 0.258 e. The molecule has 0 spiro atoms. The first-order chi connectivity index (χ1) is 15.3. The predicted octanol–water partition coefficient (Wildman–Crippen LogP) is 4.20. The van der Waals surface area contributed by atoms with Gasteiger partial charge in [0.2, 0.25) is 5.91 Å². The molecule has 1 unspecified atom stereocenters. The Morgan fingerprint density at radius 2 is 2.00 bits per heavy atom. The minimum atomic E-state index is -0.453. The molecule has 0 radical (unpaired) electrons. The van der Waals surface area contributed by atoms with Gasteiger partial charge in [-0.2, -0.15) is 0 Å². The lowest BCUT2D eigenvalue weighted by Crippen LogP contribution is -2.45. The van der Waals surface area contributed by atoms with E-state index in [9.17, 15) is 19.1 Å². The second-order valence-electron chi connectivity index (χ2n) is 8.47. The maximum Gasteiger partial charge on any atom is 0.258 e. The van der Waals surface area contributed by atoms with Crippen molar-refractivity contribution < 1.29 is 23.8 Å². The van der Waals surface area contributed by atoms with Crippen LogP contribution in [0.1, 0.15) is 55.5 Å². The van der Waals surface area contributed by atoms with Gasteiger partial charge in [-0.3, -0.25) is 9.59 Å². The number of anilines is 1. The Bertz CT molecular complexity index is 947. The average molecular weight is 443 g/mol. The molecule has 2 N–H and O–H groups in total. The van der Waals surface area contributed by atoms with Crippen LogP contribution in [0.3, 0.4) is 0 Å². The summed E-state index contributed by atoms with van der Waals surface area (Å²) in [4.78, 5) is 28.1. The minimum Gasteiger partial charge on any atom is -0.490 e. The van der Waals surface area contributed by atoms with E-state index in [4.69, 9.17) is 4.74 Å². The monoisotopic (exact) mass is 442 g/mol. The van der Waals surface area contributed by atoms with Gasteiger partial charge in [0.25, 0.3) is 5.91 Å². The third kappa shape index (κ3) is 5.27. The van der Waals surface area contributed by atoms with E-state index in [0.29, 0.717) is 36.6 Å². The first-order valence-corrected chi connectivity index (χ1v) is 11.1. The number of amides is 2. The van der Waals surface area contributed by atoms with Gasteiger partial charge in [0, 0.05) is 12.5 Å². The van der Waals surface area contributed by atoms with E-state index in [2.05, 4.69) is 5.32 Å². The Hall–Kier alpha value is -2.93. The topological polar surface area (TPSA) is 78.9 Å². The molecule has 2 aromatic rings. The van der Waals surface area contributed by atoms with Gasteiger partial charge in [0.15, 0.2) is 5.75 Å². The fourth-order valence-corrected chi connectivity index (χ4v) is 3.94. The van der Waals surface area contributed by atoms with Gasteiger partial charge in [-0.15, -0.1) is 0 Å². The van der Waals surface area contributed by atoms with Crippen LogP contribution in [-0.4, -0.2) is 47.6 Å². The van der Waals surface area contributed by atoms with Crippen LogP contribution >= 0.6 is 0 Å². The van der Waals surface area contributed by atoms with Crippen LogP contribution in [0.15, 0.2) is 42.5 Å². The maximum atomic E-state index is 13.4. The highest BCUT2D eigenvalue weighted by Crippen LogP contribution is 2.34. The van der Waals surface area contributed by atoms with Crippen molar-refractivity contribution in [2.75, 3.05) is 25.1 Å². The number of nitrogens with one attached hydrogen (secondary N) is 1. The Kier molecular flexibility index (Phi) is 7.85. The SMILES string of the molecule is CCCC(C(=O)Nc1cccc2c1OC[C@H](C)CN([C@@H](C)CO)C2=O)c1ccc(F)cc1. The molecule has 0 aliphatic carbocycles. The molecule has 172 valence electrons. The van der Waals surface area contributed by atoms with Crippen molar-refractivity contribution >= 4 is 17.5 Å². The highest BCUT2D eigenvalue weighted by molar-refractivity contribution is 6.02. The number of ether oxygens (including phenoxy) is 1. The van der Waals surface area contributed by atoms with Crippen LogP contribution in [0.5, 0.6) is 5.75 Å². The van der Waals surface area contributed by atoms with E-state index in [0.717, 1.165) is 12.0 Å². The molecule has 2 aromatic carbocycles. The average Bonchev–Trinajstić information content (AvgIpc) is 2.78. The second-order valence-corrected chi connectivity index (χ2v) is 8.47. The van der Waals surface area contributed by atoms with Crippen LogP contribution in [0.2, 0.25) is 0 Å². The van der Waals surface area contributed by atoms with E-state index in [-0.39, 0.29) is 36.2 Å². The van der Waals surface area contributed by atoms with Crippen molar-refractivity contribution in [3.63, 3.8) is 0 Å². The summed E-state index contributed by atoms with van der Waals surface area (Å²) in [6, 6.07) is 10.7. The van der Waals surface area contributed by atoms with Crippen molar-refractivity contribution in [3.05, 3.63) is 59.4 Å². The van der Waals surface area contributed by atoms with Crippen molar-refractivity contribution in [3.8, 4) is 5.75 Å². The number of hydrogen-bond acceptors (Lipinski definition) is 4. The quantitative estimate of drug-likeness (QED) is 0.674. The van der Waals surface area contributed by atoms with Crippen LogP contribution < -0.4 is 10.1 Å². The summed E-state index contributed by atoms with van der Waals surface area (Å²) in [6.45, 7) is 6.47. The molecule has 0 bridgehead atoms. The molecule has 1 aliphatic heterocycles. The molecule has 0 fully saturated rings. The first-order valence-electron chi connectivity index (χ1n) is 11.1. The normalized spacial score (nSPS) is 18.1. The molecular weight excluding hydrogens is 411 g/mol. The Balaban J connectivity index is 1.93. The van der Waals surface area contributed by atoms with Crippen molar-refractivity contribution in [2.45, 2.75) is 45.6 Å². The number of hydrogen-bond donors (Lipinski definition) is 2. The zero-order chi connectivity index (χ0) is 23.3. The van der Waals surface area contributed by atoms with E-state index in [1.165, 1.54) is 12.1 Å². The van der Waals surface area contributed by atoms with Crippen LogP contribution in [-0.2, 0) is 4.79 Å². The number of aliphatic hydroxyl groups excluding tert-OH is 1. The third-order valence-corrected chi connectivity index (χ3v) is 5.75. The number of rotatable bonds is 7. The Morgan fingerprint density at radius 1 is 1.28 bits per heavy atom. The van der Waals surface area contributed by atoms with E-state index >= 15 is 0 Å². The summed E-state index contributed by atoms with van der Waals surface area (Å²) in [5.74, 6) is -0.896. The fourth-order valence-electron chi connectivity index (χ4n) is 3.94. The summed E-state index contributed by atoms with van der Waals surface area (Å²) < 4.78 is 19.3. The summed E-state index contributed by atoms with van der Waals surface area (Å²) >= 11 is 0. The Labute approximate surface area is 188 Å². The minimum absolute atomic E-state index is 0.0527. The number of halogens is 1. The number of benzene rings is 2. The molecule has 6 nitrogen and oxygen atoms in total. The van der Waals surface area contributed by atoms with Gasteiger partial charge in [0.05, 0.1) is 36.4 Å². The van der Waals surface area contributed by atoms with Gasteiger partial charge < -0.3 is 20.1 Å². The van der Waals surface area contributed by atoms with Gasteiger partial charge >= 0.3 is 0 Å². The number of carbonyl (C=O) groups is 2. The van der Waals surface area contributed by atoms with E-state index in [1.807, 2.05) is 13.8 Å². The molecule has 1 aliphatic rings. The van der Waals surface area contributed by atoms with Crippen molar-refractivity contribution in [1.82, 2.24) is 4.90 Å². The molecule has 2 amide bonds. The van der Waals surface area contributed by atoms with Crippen molar-refractivity contribution in [1.29, 1.82) is 0 Å². The lowest BCUT2D eigenvalue weighted by Gasteiger charge is -2.33. The third-order valence-electron chi connectivity index (χ3n) is 5.75. The fraction of sp³-hybridized carbons (Fsp3) is 0.440. The zero-order valence-corrected chi connectivity index (χ0v) is 18.8. The predicted molar refractivity (Wildman–Crippen MR) is 121 cm³/mol. The van der Waals surface area contributed by atoms with E-state index < -0.39 is 5.92 Å². The summed E-state index contributed by atoms with van der Waals surface area (Å²) in [6.07, 6.45) is 1.38. The molecule has 0 saturated carbocycles. The second kappa shape index (κ2) is 10.6. The molecule has 0 saturated heterocycles. The maximum absolute atomic E-state index is 13.4. The molecule has 32 heavy (non-hydrogen) atoms. The number of carbonyl (C=O) groups excluding carboxylic acids is 2. The number of fused-ring (bicyclic) bond motifs is 1. The number of para-hydroxylation sites is 1. The standard InChI is InChI=1S/C25H31FN2O4/c1-4-6-20(18-9-11-19(26)12-10-18)24(30)27-22-8-5-7-21-23(22)32-15-16(2)13-28(25(21)31)17(3)14-29/h5,7-12,16-17,20,29H,4,6,13-15H2,1-3H3,(H,27,30)/t16-,17+,20?/m1/s1. The molecule has 0 aromatic heterocycles. The van der Waals surface area contributed by atoms with E-state index in [1.54, 1.807) is 42.2 Å². The molecule has 1 heterocycles. The summed E-state index contributed by atoms with van der Waals surface area (Å²) in [7, 11) is 0. The highest BCUT2D eigenvalue weighted by Gasteiger charge is 2.30.